The first-order valence-electron chi connectivity index (χ1n) is 8.98. The summed E-state index contributed by atoms with van der Waals surface area (Å²) in [6.07, 6.45) is 6.03. The largest absolute Gasteiger partial charge is 0.366 e. The highest BCUT2D eigenvalue weighted by molar-refractivity contribution is 5.98. The molecule has 4 rings (SSSR count). The Balaban J connectivity index is 1.46. The number of nitrogens with one attached hydrogen (secondary N) is 1. The molecule has 130 valence electrons. The van der Waals surface area contributed by atoms with Crippen LogP contribution in [0, 0.1) is 5.82 Å². The third-order valence-electron chi connectivity index (χ3n) is 5.09. The second-order valence-corrected chi connectivity index (χ2v) is 6.90. The molecule has 1 saturated heterocycles. The molecule has 2 aromatic rings. The van der Waals surface area contributed by atoms with Crippen LogP contribution < -0.4 is 5.32 Å². The van der Waals surface area contributed by atoms with Gasteiger partial charge in [0.25, 0.3) is 5.91 Å². The van der Waals surface area contributed by atoms with Crippen molar-refractivity contribution in [2.75, 3.05) is 18.4 Å². The summed E-state index contributed by atoms with van der Waals surface area (Å²) in [6, 6.07) is 10.6. The summed E-state index contributed by atoms with van der Waals surface area (Å²) in [5.74, 6) is 0.857. The molecule has 1 saturated carbocycles. The highest BCUT2D eigenvalue weighted by Gasteiger charge is 2.39. The molecule has 1 aromatic carbocycles. The number of nitrogens with zero attached hydrogens (tertiary/aromatic N) is 2. The lowest BCUT2D eigenvalue weighted by Crippen LogP contribution is -2.36. The Bertz CT molecular complexity index is 756. The lowest BCUT2D eigenvalue weighted by atomic mass is 10.1. The highest BCUT2D eigenvalue weighted by atomic mass is 19.1. The van der Waals surface area contributed by atoms with E-state index in [0.717, 1.165) is 37.9 Å². The SMILES string of the molecule is O=C(c1cccnc1N[C@@H]1C[C@H]1c1ccc(F)cc1)N1CCCCC1. The fraction of sp³-hybridized carbons (Fsp3) is 0.400. The van der Waals surface area contributed by atoms with Crippen molar-refractivity contribution in [2.45, 2.75) is 37.6 Å². The van der Waals surface area contributed by atoms with Gasteiger partial charge in [-0.25, -0.2) is 9.37 Å². The maximum Gasteiger partial charge on any atom is 0.257 e. The molecule has 2 heterocycles. The van der Waals surface area contributed by atoms with Gasteiger partial charge >= 0.3 is 0 Å². The number of aromatic nitrogens is 1. The molecule has 0 bridgehead atoms. The number of halogens is 1. The number of carbonyl (C=O) groups is 1. The van der Waals surface area contributed by atoms with Crippen molar-refractivity contribution in [3.05, 3.63) is 59.5 Å². The Labute approximate surface area is 147 Å². The van der Waals surface area contributed by atoms with E-state index in [-0.39, 0.29) is 17.8 Å². The fourth-order valence-corrected chi connectivity index (χ4v) is 3.57. The van der Waals surface area contributed by atoms with Gasteiger partial charge in [-0.05, 0) is 55.5 Å². The molecule has 0 radical (unpaired) electrons. The van der Waals surface area contributed by atoms with Crippen LogP contribution in [0.2, 0.25) is 0 Å². The summed E-state index contributed by atoms with van der Waals surface area (Å²) >= 11 is 0. The fourth-order valence-electron chi connectivity index (χ4n) is 3.57. The summed E-state index contributed by atoms with van der Waals surface area (Å²) in [4.78, 5) is 19.1. The summed E-state index contributed by atoms with van der Waals surface area (Å²) in [7, 11) is 0. The summed E-state index contributed by atoms with van der Waals surface area (Å²) < 4.78 is 13.1. The van der Waals surface area contributed by atoms with Gasteiger partial charge in [-0.2, -0.15) is 0 Å². The minimum atomic E-state index is -0.215. The standard InChI is InChI=1S/C20H22FN3O/c21-15-8-6-14(7-9-15)17-13-18(17)23-19-16(5-4-10-22-19)20(25)24-11-2-1-3-12-24/h4-10,17-18H,1-3,11-13H2,(H,22,23)/t17-,18+/m0/s1. The Morgan fingerprint density at radius 3 is 2.64 bits per heavy atom. The van der Waals surface area contributed by atoms with Gasteiger partial charge in [0.05, 0.1) is 5.56 Å². The molecule has 2 aliphatic rings. The number of benzene rings is 1. The first kappa shape index (κ1) is 16.1. The molecule has 0 spiro atoms. The van der Waals surface area contributed by atoms with Crippen molar-refractivity contribution in [2.24, 2.45) is 0 Å². The van der Waals surface area contributed by atoms with Crippen molar-refractivity contribution in [3.8, 4) is 0 Å². The van der Waals surface area contributed by atoms with Gasteiger partial charge in [-0.1, -0.05) is 12.1 Å². The van der Waals surface area contributed by atoms with E-state index < -0.39 is 0 Å². The molecule has 1 N–H and O–H groups in total. The topological polar surface area (TPSA) is 45.2 Å². The van der Waals surface area contributed by atoms with Crippen LogP contribution in [0.15, 0.2) is 42.6 Å². The zero-order chi connectivity index (χ0) is 17.2. The number of carbonyl (C=O) groups excluding carboxylic acids is 1. The molecular formula is C20H22FN3O. The van der Waals surface area contributed by atoms with Gasteiger partial charge in [-0.15, -0.1) is 0 Å². The summed E-state index contributed by atoms with van der Waals surface area (Å²) in [5.41, 5.74) is 1.77. The van der Waals surface area contributed by atoms with Crippen molar-refractivity contribution < 1.29 is 9.18 Å². The van der Waals surface area contributed by atoms with Gasteiger partial charge in [0.2, 0.25) is 0 Å². The normalized spacial score (nSPS) is 22.5. The second kappa shape index (κ2) is 6.82. The van der Waals surface area contributed by atoms with Crippen molar-refractivity contribution in [1.29, 1.82) is 0 Å². The molecule has 25 heavy (non-hydrogen) atoms. The van der Waals surface area contributed by atoms with Crippen LogP contribution in [-0.4, -0.2) is 34.9 Å². The lowest BCUT2D eigenvalue weighted by Gasteiger charge is -2.27. The first-order valence-corrected chi connectivity index (χ1v) is 8.98. The third-order valence-corrected chi connectivity index (χ3v) is 5.09. The zero-order valence-corrected chi connectivity index (χ0v) is 14.1. The predicted octanol–water partition coefficient (Wildman–Crippen LogP) is 3.81. The molecule has 1 aromatic heterocycles. The molecule has 2 fully saturated rings. The van der Waals surface area contributed by atoms with E-state index in [4.69, 9.17) is 0 Å². The number of anilines is 1. The lowest BCUT2D eigenvalue weighted by molar-refractivity contribution is 0.0725. The average Bonchev–Trinajstić information content (AvgIpc) is 3.42. The van der Waals surface area contributed by atoms with Crippen molar-refractivity contribution >= 4 is 11.7 Å². The number of rotatable bonds is 4. The molecule has 0 unspecified atom stereocenters. The molecule has 1 aliphatic carbocycles. The van der Waals surface area contributed by atoms with E-state index in [1.54, 1.807) is 6.20 Å². The number of hydrogen-bond acceptors (Lipinski definition) is 3. The predicted molar refractivity (Wildman–Crippen MR) is 95.2 cm³/mol. The minimum absolute atomic E-state index is 0.0642. The quantitative estimate of drug-likeness (QED) is 0.921. The maximum absolute atomic E-state index is 13.1. The van der Waals surface area contributed by atoms with E-state index in [0.29, 0.717) is 17.3 Å². The van der Waals surface area contributed by atoms with Crippen LogP contribution in [0.4, 0.5) is 10.2 Å². The van der Waals surface area contributed by atoms with Crippen molar-refractivity contribution in [3.63, 3.8) is 0 Å². The Morgan fingerprint density at radius 1 is 1.12 bits per heavy atom. The smallest absolute Gasteiger partial charge is 0.257 e. The average molecular weight is 339 g/mol. The second-order valence-electron chi connectivity index (χ2n) is 6.90. The molecule has 1 amide bonds. The van der Waals surface area contributed by atoms with Crippen LogP contribution in [0.5, 0.6) is 0 Å². The number of amides is 1. The van der Waals surface area contributed by atoms with E-state index >= 15 is 0 Å². The third kappa shape index (κ3) is 3.50. The van der Waals surface area contributed by atoms with Gasteiger partial charge in [-0.3, -0.25) is 4.79 Å². The van der Waals surface area contributed by atoms with Crippen molar-refractivity contribution in [1.82, 2.24) is 9.88 Å². The Hall–Kier alpha value is -2.43. The zero-order valence-electron chi connectivity index (χ0n) is 14.1. The first-order chi connectivity index (χ1) is 12.2. The monoisotopic (exact) mass is 339 g/mol. The van der Waals surface area contributed by atoms with Crippen LogP contribution >= 0.6 is 0 Å². The van der Waals surface area contributed by atoms with Crippen LogP contribution in [0.1, 0.15) is 47.5 Å². The number of hydrogen-bond donors (Lipinski definition) is 1. The van der Waals surface area contributed by atoms with E-state index in [9.17, 15) is 9.18 Å². The molecule has 5 heteroatoms. The molecule has 2 atom stereocenters. The number of pyridine rings is 1. The molecule has 1 aliphatic heterocycles. The van der Waals surface area contributed by atoms with E-state index in [1.807, 2.05) is 29.2 Å². The van der Waals surface area contributed by atoms with Crippen LogP contribution in [-0.2, 0) is 0 Å². The summed E-state index contributed by atoms with van der Waals surface area (Å²) in [6.45, 7) is 1.66. The van der Waals surface area contributed by atoms with E-state index in [1.165, 1.54) is 18.6 Å². The van der Waals surface area contributed by atoms with Crippen LogP contribution in [0.3, 0.4) is 0 Å². The Kier molecular flexibility index (Phi) is 4.38. The summed E-state index contributed by atoms with van der Waals surface area (Å²) in [5, 5.41) is 3.42. The number of likely N-dealkylation sites (tertiary alicyclic amines) is 1. The van der Waals surface area contributed by atoms with E-state index in [2.05, 4.69) is 10.3 Å². The maximum atomic E-state index is 13.1. The van der Waals surface area contributed by atoms with Gasteiger partial charge in [0.15, 0.2) is 0 Å². The Morgan fingerprint density at radius 2 is 1.88 bits per heavy atom. The van der Waals surface area contributed by atoms with Gasteiger partial charge in [0.1, 0.15) is 11.6 Å². The van der Waals surface area contributed by atoms with Gasteiger partial charge < -0.3 is 10.2 Å². The number of piperidine rings is 1. The van der Waals surface area contributed by atoms with Crippen LogP contribution in [0.25, 0.3) is 0 Å². The minimum Gasteiger partial charge on any atom is -0.366 e. The molecular weight excluding hydrogens is 317 g/mol. The molecule has 4 nitrogen and oxygen atoms in total. The van der Waals surface area contributed by atoms with Gasteiger partial charge in [0, 0.05) is 31.2 Å². The highest BCUT2D eigenvalue weighted by Crippen LogP contribution is 2.43.